The first-order valence-corrected chi connectivity index (χ1v) is 13.0. The molecule has 2 aromatic carbocycles. The Kier molecular flexibility index (Phi) is 10.2. The average Bonchev–Trinajstić information content (AvgIpc) is 3.21. The minimum absolute atomic E-state index is 0.158. The second-order valence-electron chi connectivity index (χ2n) is 8.73. The molecule has 0 bridgehead atoms. The molecular weight excluding hydrogens is 514 g/mol. The molecule has 1 heterocycles. The smallest absolute Gasteiger partial charge is 0.270 e. The predicted octanol–water partition coefficient (Wildman–Crippen LogP) is 1.47. The molecule has 0 aliphatic heterocycles. The molecule has 0 atom stereocenters. The van der Waals surface area contributed by atoms with E-state index in [2.05, 4.69) is 22.0 Å². The van der Waals surface area contributed by atoms with Crippen LogP contribution in [0.15, 0.2) is 53.3 Å². The molecule has 0 radical (unpaired) electrons. The standard InChI is InChI=1S/C28H29N7O3S/c1-4-35-27(38)24(39-28(35)23(15-30)26(37)31-12-11-29)16-32-21-9-6-10-22(14-21)33-25(36)18-34(3)17-20-8-5-7-19(2)13-20/h5-10,13-14,16,32H,4,12,17-18H2,1-3H3,(H,31,37)(H,33,36)/b24-16+,28-23-. The van der Waals surface area contributed by atoms with Crippen LogP contribution in [0.25, 0.3) is 11.8 Å². The Labute approximate surface area is 230 Å². The molecular formula is C28H29N7O3S. The first-order valence-electron chi connectivity index (χ1n) is 12.2. The Balaban J connectivity index is 1.74. The van der Waals surface area contributed by atoms with Gasteiger partial charge in [-0.25, -0.2) is 0 Å². The van der Waals surface area contributed by atoms with E-state index >= 15 is 0 Å². The molecule has 11 heteroatoms. The maximum absolute atomic E-state index is 12.9. The summed E-state index contributed by atoms with van der Waals surface area (Å²) in [5, 5.41) is 26.5. The number of anilines is 2. The minimum Gasteiger partial charge on any atom is -0.360 e. The number of benzene rings is 2. The van der Waals surface area contributed by atoms with Crippen LogP contribution >= 0.6 is 11.3 Å². The van der Waals surface area contributed by atoms with Gasteiger partial charge in [0.15, 0.2) is 5.57 Å². The Hall–Kier alpha value is -4.71. The summed E-state index contributed by atoms with van der Waals surface area (Å²) in [5.74, 6) is -0.871. The number of hydrogen-bond donors (Lipinski definition) is 3. The number of aromatic nitrogens is 1. The van der Waals surface area contributed by atoms with Crippen molar-refractivity contribution >= 4 is 46.3 Å². The van der Waals surface area contributed by atoms with E-state index in [0.717, 1.165) is 16.9 Å². The Bertz CT molecular complexity index is 1630. The number of nitrogens with zero attached hydrogens (tertiary/aromatic N) is 4. The van der Waals surface area contributed by atoms with Gasteiger partial charge in [-0.2, -0.15) is 10.5 Å². The van der Waals surface area contributed by atoms with Gasteiger partial charge in [-0.3, -0.25) is 23.9 Å². The van der Waals surface area contributed by atoms with Gasteiger partial charge in [0.1, 0.15) is 21.8 Å². The maximum Gasteiger partial charge on any atom is 0.270 e. The number of amides is 2. The lowest BCUT2D eigenvalue weighted by atomic mass is 10.1. The van der Waals surface area contributed by atoms with E-state index in [4.69, 9.17) is 5.26 Å². The molecule has 3 N–H and O–H groups in total. The SMILES string of the molecule is CCn1c(=O)/c(=C\Nc2cccc(NC(=O)CN(C)Cc3cccc(C)c3)c2)s/c1=C(/C#N)C(=O)NCC#N. The van der Waals surface area contributed by atoms with Crippen LogP contribution in [0.1, 0.15) is 18.1 Å². The van der Waals surface area contributed by atoms with E-state index in [1.54, 1.807) is 37.3 Å². The van der Waals surface area contributed by atoms with E-state index in [1.807, 2.05) is 43.1 Å². The van der Waals surface area contributed by atoms with Gasteiger partial charge in [0, 0.05) is 30.7 Å². The van der Waals surface area contributed by atoms with Crippen molar-refractivity contribution in [1.82, 2.24) is 14.8 Å². The van der Waals surface area contributed by atoms with Gasteiger partial charge in [-0.05, 0) is 44.7 Å². The normalized spacial score (nSPS) is 11.9. The molecule has 3 rings (SSSR count). The van der Waals surface area contributed by atoms with Gasteiger partial charge < -0.3 is 16.0 Å². The number of aryl methyl sites for hydroxylation is 1. The topological polar surface area (TPSA) is 143 Å². The van der Waals surface area contributed by atoms with Crippen LogP contribution < -0.4 is 30.7 Å². The van der Waals surface area contributed by atoms with Gasteiger partial charge in [0.2, 0.25) is 5.91 Å². The Morgan fingerprint density at radius 3 is 2.56 bits per heavy atom. The summed E-state index contributed by atoms with van der Waals surface area (Å²) in [7, 11) is 1.88. The maximum atomic E-state index is 12.9. The van der Waals surface area contributed by atoms with Gasteiger partial charge in [-0.15, -0.1) is 11.3 Å². The summed E-state index contributed by atoms with van der Waals surface area (Å²) in [6, 6.07) is 18.8. The second-order valence-corrected chi connectivity index (χ2v) is 9.76. The summed E-state index contributed by atoms with van der Waals surface area (Å²) in [6.45, 7) is 4.64. The fourth-order valence-corrected chi connectivity index (χ4v) is 4.94. The average molecular weight is 544 g/mol. The number of nitrogens with one attached hydrogen (secondary N) is 3. The van der Waals surface area contributed by atoms with E-state index in [9.17, 15) is 19.6 Å². The number of carbonyl (C=O) groups is 2. The second kappa shape index (κ2) is 13.7. The molecule has 0 unspecified atom stereocenters. The summed E-state index contributed by atoms with van der Waals surface area (Å²) >= 11 is 1.00. The van der Waals surface area contributed by atoms with Crippen molar-refractivity contribution in [3.8, 4) is 12.1 Å². The highest BCUT2D eigenvalue weighted by molar-refractivity contribution is 7.07. The van der Waals surface area contributed by atoms with Crippen LogP contribution in [0.5, 0.6) is 0 Å². The zero-order valence-corrected chi connectivity index (χ0v) is 22.8. The van der Waals surface area contributed by atoms with Crippen molar-refractivity contribution in [2.45, 2.75) is 26.9 Å². The fraction of sp³-hybridized carbons (Fsp3) is 0.250. The number of thiazole rings is 1. The number of nitriles is 2. The number of rotatable bonds is 10. The van der Waals surface area contributed by atoms with Crippen LogP contribution in [-0.4, -0.2) is 41.4 Å². The molecule has 0 aliphatic carbocycles. The van der Waals surface area contributed by atoms with Gasteiger partial charge in [0.25, 0.3) is 11.5 Å². The summed E-state index contributed by atoms with van der Waals surface area (Å²) < 4.78 is 1.84. The van der Waals surface area contributed by atoms with Crippen LogP contribution in [0.2, 0.25) is 0 Å². The van der Waals surface area contributed by atoms with Crippen molar-refractivity contribution in [2.75, 3.05) is 30.8 Å². The highest BCUT2D eigenvalue weighted by Crippen LogP contribution is 2.15. The molecule has 1 aromatic heterocycles. The van der Waals surface area contributed by atoms with E-state index < -0.39 is 5.91 Å². The van der Waals surface area contributed by atoms with Crippen molar-refractivity contribution in [1.29, 1.82) is 10.5 Å². The molecule has 0 fully saturated rings. The summed E-state index contributed by atoms with van der Waals surface area (Å²) in [6.07, 6.45) is 1.50. The summed E-state index contributed by atoms with van der Waals surface area (Å²) in [5.41, 5.74) is 2.94. The zero-order valence-electron chi connectivity index (χ0n) is 21.9. The molecule has 0 aliphatic rings. The molecule has 2 amide bonds. The highest BCUT2D eigenvalue weighted by Gasteiger charge is 2.15. The van der Waals surface area contributed by atoms with Crippen molar-refractivity contribution < 1.29 is 9.59 Å². The van der Waals surface area contributed by atoms with Crippen molar-refractivity contribution in [3.63, 3.8) is 0 Å². The molecule has 200 valence electrons. The number of likely N-dealkylation sites (N-methyl/N-ethyl adjacent to an activating group) is 1. The molecule has 10 nitrogen and oxygen atoms in total. The predicted molar refractivity (Wildman–Crippen MR) is 152 cm³/mol. The van der Waals surface area contributed by atoms with Crippen molar-refractivity contribution in [3.05, 3.63) is 79.2 Å². The van der Waals surface area contributed by atoms with Gasteiger partial charge >= 0.3 is 0 Å². The van der Waals surface area contributed by atoms with Crippen LogP contribution in [0.4, 0.5) is 11.4 Å². The third-order valence-electron chi connectivity index (χ3n) is 5.57. The van der Waals surface area contributed by atoms with E-state index in [0.29, 0.717) is 22.5 Å². The monoisotopic (exact) mass is 543 g/mol. The lowest BCUT2D eigenvalue weighted by Gasteiger charge is -2.17. The van der Waals surface area contributed by atoms with Crippen LogP contribution in [0.3, 0.4) is 0 Å². The molecule has 0 saturated carbocycles. The molecule has 0 spiro atoms. The third-order valence-corrected chi connectivity index (χ3v) is 6.70. The lowest BCUT2D eigenvalue weighted by molar-refractivity contribution is -0.117. The number of hydrogen-bond acceptors (Lipinski definition) is 8. The first kappa shape index (κ1) is 28.9. The molecule has 0 saturated heterocycles. The third kappa shape index (κ3) is 7.89. The van der Waals surface area contributed by atoms with Gasteiger partial charge in [-0.1, -0.05) is 35.9 Å². The number of carbonyl (C=O) groups excluding carboxylic acids is 2. The summed E-state index contributed by atoms with van der Waals surface area (Å²) in [4.78, 5) is 39.7. The minimum atomic E-state index is -0.713. The van der Waals surface area contributed by atoms with Crippen molar-refractivity contribution in [2.24, 2.45) is 0 Å². The first-order chi connectivity index (χ1) is 18.7. The van der Waals surface area contributed by atoms with Gasteiger partial charge in [0.05, 0.1) is 12.6 Å². The quantitative estimate of drug-likeness (QED) is 0.329. The highest BCUT2D eigenvalue weighted by atomic mass is 32.1. The lowest BCUT2D eigenvalue weighted by Crippen LogP contribution is -2.34. The Morgan fingerprint density at radius 2 is 1.87 bits per heavy atom. The Morgan fingerprint density at radius 1 is 1.13 bits per heavy atom. The molecule has 3 aromatic rings. The van der Waals surface area contributed by atoms with Crippen LogP contribution in [-0.2, 0) is 22.7 Å². The zero-order chi connectivity index (χ0) is 28.4. The molecule has 39 heavy (non-hydrogen) atoms. The van der Waals surface area contributed by atoms with E-state index in [1.165, 1.54) is 16.3 Å². The van der Waals surface area contributed by atoms with E-state index in [-0.39, 0.29) is 41.3 Å². The fourth-order valence-electron chi connectivity index (χ4n) is 3.86. The largest absolute Gasteiger partial charge is 0.360 e. The van der Waals surface area contributed by atoms with Crippen LogP contribution in [0, 0.1) is 29.6 Å².